The lowest BCUT2D eigenvalue weighted by atomic mass is 9.77. The smallest absolute Gasteiger partial charge is 0.340 e. The Morgan fingerprint density at radius 3 is 1.82 bits per heavy atom. The van der Waals surface area contributed by atoms with Gasteiger partial charge < -0.3 is 18.9 Å². The van der Waals surface area contributed by atoms with Gasteiger partial charge in [0.15, 0.2) is 5.60 Å². The van der Waals surface area contributed by atoms with Crippen LogP contribution in [0.25, 0.3) is 11.1 Å². The maximum atomic E-state index is 13.4. The highest BCUT2D eigenvalue weighted by atomic mass is 16.6. The number of benzene rings is 4. The molecule has 0 atom stereocenters. The van der Waals surface area contributed by atoms with Crippen molar-refractivity contribution in [3.8, 4) is 40.2 Å². The second kappa shape index (κ2) is 8.85. The SMILES string of the molecule is CC(=O)Oc1ccc2c(c1)Oc1cc(OC(C)=O)ccc1C21OC(=O)c2cc(-c3ccc(C#N)cc3)ccc21. The van der Waals surface area contributed by atoms with Gasteiger partial charge in [-0.2, -0.15) is 5.26 Å². The lowest BCUT2D eigenvalue weighted by Crippen LogP contribution is -2.33. The van der Waals surface area contributed by atoms with Gasteiger partial charge in [-0.15, -0.1) is 0 Å². The second-order valence-electron chi connectivity index (χ2n) is 9.13. The molecule has 0 bridgehead atoms. The van der Waals surface area contributed by atoms with Crippen molar-refractivity contribution in [2.24, 2.45) is 0 Å². The minimum atomic E-state index is -1.36. The molecule has 2 aliphatic rings. The van der Waals surface area contributed by atoms with Gasteiger partial charge in [-0.25, -0.2) is 4.79 Å². The van der Waals surface area contributed by atoms with Gasteiger partial charge in [-0.1, -0.05) is 24.3 Å². The summed E-state index contributed by atoms with van der Waals surface area (Å²) in [5.74, 6) is -0.353. The van der Waals surface area contributed by atoms with Crippen LogP contribution in [-0.2, 0) is 19.9 Å². The first-order valence-electron chi connectivity index (χ1n) is 12.0. The molecule has 0 aromatic heterocycles. The Morgan fingerprint density at radius 2 is 1.28 bits per heavy atom. The Morgan fingerprint density at radius 1 is 0.744 bits per heavy atom. The van der Waals surface area contributed by atoms with Crippen LogP contribution < -0.4 is 14.2 Å². The normalized spacial score (nSPS) is 13.7. The number of rotatable bonds is 3. The van der Waals surface area contributed by atoms with E-state index < -0.39 is 23.5 Å². The van der Waals surface area contributed by atoms with E-state index in [2.05, 4.69) is 6.07 Å². The summed E-state index contributed by atoms with van der Waals surface area (Å²) < 4.78 is 22.9. The molecule has 1 spiro atoms. The number of fused-ring (bicyclic) bond motifs is 6. The Labute approximate surface area is 222 Å². The van der Waals surface area contributed by atoms with Crippen molar-refractivity contribution in [1.29, 1.82) is 5.26 Å². The number of ether oxygens (including phenoxy) is 4. The zero-order valence-corrected chi connectivity index (χ0v) is 20.8. The number of nitriles is 1. The number of nitrogens with zero attached hydrogens (tertiary/aromatic N) is 1. The molecule has 6 rings (SSSR count). The van der Waals surface area contributed by atoms with E-state index in [-0.39, 0.29) is 11.5 Å². The molecule has 0 unspecified atom stereocenters. The van der Waals surface area contributed by atoms with Gasteiger partial charge in [-0.05, 0) is 53.6 Å². The fraction of sp³-hybridized carbons (Fsp3) is 0.0968. The molecule has 2 aliphatic heterocycles. The number of esters is 3. The highest BCUT2D eigenvalue weighted by Crippen LogP contribution is 2.57. The van der Waals surface area contributed by atoms with Crippen molar-refractivity contribution >= 4 is 17.9 Å². The first kappa shape index (κ1) is 23.9. The third-order valence-corrected chi connectivity index (χ3v) is 6.62. The van der Waals surface area contributed by atoms with E-state index in [1.165, 1.54) is 13.8 Å². The van der Waals surface area contributed by atoms with E-state index in [1.807, 2.05) is 24.3 Å². The second-order valence-corrected chi connectivity index (χ2v) is 9.13. The summed E-state index contributed by atoms with van der Waals surface area (Å²) in [4.78, 5) is 36.6. The van der Waals surface area contributed by atoms with Gasteiger partial charge in [0.1, 0.15) is 23.0 Å². The molecular weight excluding hydrogens is 498 g/mol. The van der Waals surface area contributed by atoms with Crippen molar-refractivity contribution in [3.05, 3.63) is 107 Å². The number of hydrogen-bond donors (Lipinski definition) is 0. The molecule has 4 aromatic rings. The third kappa shape index (κ3) is 3.88. The van der Waals surface area contributed by atoms with E-state index in [9.17, 15) is 14.4 Å². The summed E-state index contributed by atoms with van der Waals surface area (Å²) in [7, 11) is 0. The lowest BCUT2D eigenvalue weighted by Gasteiger charge is -2.36. The van der Waals surface area contributed by atoms with Crippen molar-refractivity contribution in [2.75, 3.05) is 0 Å². The van der Waals surface area contributed by atoms with Gasteiger partial charge in [0.05, 0.1) is 17.2 Å². The van der Waals surface area contributed by atoms with E-state index in [0.29, 0.717) is 39.3 Å². The molecule has 0 N–H and O–H groups in total. The molecule has 0 fully saturated rings. The fourth-order valence-corrected chi connectivity index (χ4v) is 5.06. The molecule has 0 aliphatic carbocycles. The highest BCUT2D eigenvalue weighted by molar-refractivity contribution is 5.98. The van der Waals surface area contributed by atoms with Gasteiger partial charge in [0.25, 0.3) is 0 Å². The maximum Gasteiger partial charge on any atom is 0.340 e. The Bertz CT molecular complexity index is 1680. The van der Waals surface area contributed by atoms with Crippen LogP contribution in [0, 0.1) is 11.3 Å². The summed E-state index contributed by atoms with van der Waals surface area (Å²) in [5.41, 5.74) is 2.89. The molecule has 190 valence electrons. The predicted octanol–water partition coefficient (Wildman–Crippen LogP) is 5.64. The largest absolute Gasteiger partial charge is 0.456 e. The molecule has 0 saturated heterocycles. The quantitative estimate of drug-likeness (QED) is 0.253. The first-order chi connectivity index (χ1) is 18.8. The van der Waals surface area contributed by atoms with Crippen LogP contribution in [0.5, 0.6) is 23.0 Å². The Balaban J connectivity index is 1.55. The van der Waals surface area contributed by atoms with Crippen molar-refractivity contribution in [1.82, 2.24) is 0 Å². The average Bonchev–Trinajstić information content (AvgIpc) is 3.20. The van der Waals surface area contributed by atoms with E-state index in [0.717, 1.165) is 11.1 Å². The van der Waals surface area contributed by atoms with Crippen LogP contribution >= 0.6 is 0 Å². The molecule has 0 saturated carbocycles. The van der Waals surface area contributed by atoms with E-state index in [1.54, 1.807) is 54.6 Å². The van der Waals surface area contributed by atoms with Crippen molar-refractivity contribution < 1.29 is 33.3 Å². The number of carbonyl (C=O) groups excluding carboxylic acids is 3. The number of carbonyl (C=O) groups is 3. The van der Waals surface area contributed by atoms with Crippen LogP contribution in [0.15, 0.2) is 78.9 Å². The summed E-state index contributed by atoms with van der Waals surface area (Å²) >= 11 is 0. The van der Waals surface area contributed by atoms with Crippen LogP contribution in [0.4, 0.5) is 0 Å². The fourth-order valence-electron chi connectivity index (χ4n) is 5.06. The van der Waals surface area contributed by atoms with Crippen LogP contribution in [0.2, 0.25) is 0 Å². The average molecular weight is 517 g/mol. The van der Waals surface area contributed by atoms with Crippen molar-refractivity contribution in [3.63, 3.8) is 0 Å². The van der Waals surface area contributed by atoms with Gasteiger partial charge in [-0.3, -0.25) is 9.59 Å². The standard InChI is InChI=1S/C31H19NO7/c1-17(33)36-22-8-11-26-28(14-22)38-29-15-23(37-18(2)34)9-12-27(29)31(26)25-10-7-21(13-24(25)30(35)39-31)20-5-3-19(16-32)4-6-20/h3-15H,1-2H3. The number of hydrogen-bond acceptors (Lipinski definition) is 8. The first-order valence-corrected chi connectivity index (χ1v) is 12.0. The van der Waals surface area contributed by atoms with Gasteiger partial charge >= 0.3 is 17.9 Å². The summed E-state index contributed by atoms with van der Waals surface area (Å²) in [6.07, 6.45) is 0. The van der Waals surface area contributed by atoms with Crippen LogP contribution in [0.3, 0.4) is 0 Å². The van der Waals surface area contributed by atoms with E-state index in [4.69, 9.17) is 24.2 Å². The third-order valence-electron chi connectivity index (χ3n) is 6.62. The molecule has 39 heavy (non-hydrogen) atoms. The van der Waals surface area contributed by atoms with E-state index >= 15 is 0 Å². The minimum Gasteiger partial charge on any atom is -0.456 e. The molecule has 8 heteroatoms. The Kier molecular flexibility index (Phi) is 5.44. The summed E-state index contributed by atoms with van der Waals surface area (Å²) in [6, 6.07) is 24.4. The molecule has 2 heterocycles. The highest BCUT2D eigenvalue weighted by Gasteiger charge is 2.53. The van der Waals surface area contributed by atoms with Gasteiger partial charge in [0, 0.05) is 42.7 Å². The minimum absolute atomic E-state index is 0.261. The Hall–Kier alpha value is -5.42. The molecule has 8 nitrogen and oxygen atoms in total. The lowest BCUT2D eigenvalue weighted by molar-refractivity contribution is -0.132. The summed E-state index contributed by atoms with van der Waals surface area (Å²) in [5, 5.41) is 9.11. The van der Waals surface area contributed by atoms with Gasteiger partial charge in [0.2, 0.25) is 0 Å². The van der Waals surface area contributed by atoms with Crippen LogP contribution in [-0.4, -0.2) is 17.9 Å². The topological polar surface area (TPSA) is 112 Å². The van der Waals surface area contributed by atoms with Crippen LogP contribution in [0.1, 0.15) is 46.5 Å². The zero-order valence-electron chi connectivity index (χ0n) is 20.8. The zero-order chi connectivity index (χ0) is 27.3. The van der Waals surface area contributed by atoms with Crippen molar-refractivity contribution in [2.45, 2.75) is 19.4 Å². The molecule has 0 amide bonds. The summed E-state index contributed by atoms with van der Waals surface area (Å²) in [6.45, 7) is 2.59. The molecular formula is C31H19NO7. The predicted molar refractivity (Wildman–Crippen MR) is 137 cm³/mol. The monoisotopic (exact) mass is 517 g/mol. The molecule has 4 aromatic carbocycles. The molecule has 0 radical (unpaired) electrons. The maximum absolute atomic E-state index is 13.4.